The zero-order valence-electron chi connectivity index (χ0n) is 11.0. The fraction of sp³-hybridized carbons (Fsp3) is 0.615. The molecule has 0 saturated carbocycles. The van der Waals surface area contributed by atoms with Crippen molar-refractivity contribution in [3.05, 3.63) is 27.4 Å². The summed E-state index contributed by atoms with van der Waals surface area (Å²) in [5, 5.41) is 0. The summed E-state index contributed by atoms with van der Waals surface area (Å²) in [6.07, 6.45) is 2.21. The van der Waals surface area contributed by atoms with Gasteiger partial charge in [-0.05, 0) is 13.3 Å². The predicted octanol–water partition coefficient (Wildman–Crippen LogP) is 0.728. The van der Waals surface area contributed by atoms with Crippen molar-refractivity contribution in [1.82, 2.24) is 9.97 Å². The molecule has 2 heterocycles. The zero-order valence-corrected chi connectivity index (χ0v) is 11.0. The summed E-state index contributed by atoms with van der Waals surface area (Å²) in [6.45, 7) is 3.11. The highest BCUT2D eigenvalue weighted by atomic mass is 16.5. The summed E-state index contributed by atoms with van der Waals surface area (Å²) in [4.78, 5) is 30.2. The largest absolute Gasteiger partial charge is 0.466 e. The third kappa shape index (κ3) is 3.64. The summed E-state index contributed by atoms with van der Waals surface area (Å²) in [5.74, 6) is 0.422. The Morgan fingerprint density at radius 1 is 1.53 bits per heavy atom. The number of aromatic amines is 1. The van der Waals surface area contributed by atoms with Gasteiger partial charge in [-0.1, -0.05) is 0 Å². The van der Waals surface area contributed by atoms with E-state index in [9.17, 15) is 9.59 Å². The van der Waals surface area contributed by atoms with Crippen LogP contribution in [-0.2, 0) is 33.7 Å². The van der Waals surface area contributed by atoms with Crippen molar-refractivity contribution in [2.75, 3.05) is 13.2 Å². The number of carbonyl (C=O) groups excluding carboxylic acids is 1. The quantitative estimate of drug-likeness (QED) is 0.794. The van der Waals surface area contributed by atoms with Gasteiger partial charge in [-0.2, -0.15) is 0 Å². The predicted molar refractivity (Wildman–Crippen MR) is 67.8 cm³/mol. The zero-order chi connectivity index (χ0) is 13.7. The lowest BCUT2D eigenvalue weighted by molar-refractivity contribution is -0.143. The maximum atomic E-state index is 11.8. The maximum Gasteiger partial charge on any atom is 0.305 e. The van der Waals surface area contributed by atoms with Gasteiger partial charge in [-0.25, -0.2) is 4.98 Å². The highest BCUT2D eigenvalue weighted by Gasteiger charge is 2.15. The number of aromatic nitrogens is 2. The number of hydrogen-bond donors (Lipinski definition) is 1. The number of aryl methyl sites for hydroxylation is 1. The molecule has 0 atom stereocenters. The molecule has 0 spiro atoms. The van der Waals surface area contributed by atoms with Crippen LogP contribution in [0.4, 0.5) is 0 Å². The first-order valence-corrected chi connectivity index (χ1v) is 6.55. The Kier molecular flexibility index (Phi) is 4.68. The van der Waals surface area contributed by atoms with Gasteiger partial charge in [0.15, 0.2) is 0 Å². The normalized spacial score (nSPS) is 13.9. The highest BCUT2D eigenvalue weighted by molar-refractivity contribution is 5.69. The summed E-state index contributed by atoms with van der Waals surface area (Å²) >= 11 is 0. The van der Waals surface area contributed by atoms with Crippen LogP contribution in [-0.4, -0.2) is 29.2 Å². The Balaban J connectivity index is 1.96. The van der Waals surface area contributed by atoms with E-state index < -0.39 is 0 Å². The minimum Gasteiger partial charge on any atom is -0.466 e. The van der Waals surface area contributed by atoms with Crippen molar-refractivity contribution in [2.24, 2.45) is 0 Å². The molecule has 1 aliphatic heterocycles. The molecular formula is C13H18N2O4. The van der Waals surface area contributed by atoms with E-state index in [0.29, 0.717) is 56.9 Å². The molecule has 0 saturated heterocycles. The number of nitrogens with zero attached hydrogens (tertiary/aromatic N) is 1. The summed E-state index contributed by atoms with van der Waals surface area (Å²) < 4.78 is 10.1. The second-order valence-electron chi connectivity index (χ2n) is 4.40. The van der Waals surface area contributed by atoms with Crippen molar-refractivity contribution in [3.8, 4) is 0 Å². The van der Waals surface area contributed by atoms with Gasteiger partial charge in [0.05, 0.1) is 31.1 Å². The number of nitrogens with one attached hydrogen (secondary N) is 1. The molecule has 104 valence electrons. The fourth-order valence-corrected chi connectivity index (χ4v) is 2.05. The van der Waals surface area contributed by atoms with E-state index in [2.05, 4.69) is 9.97 Å². The van der Waals surface area contributed by atoms with Gasteiger partial charge in [0, 0.05) is 19.3 Å². The van der Waals surface area contributed by atoms with Gasteiger partial charge in [-0.15, -0.1) is 0 Å². The number of H-pyrrole nitrogens is 1. The Bertz CT molecular complexity index is 510. The topological polar surface area (TPSA) is 81.3 Å². The van der Waals surface area contributed by atoms with E-state index in [1.807, 2.05) is 0 Å². The molecule has 0 unspecified atom stereocenters. The first kappa shape index (κ1) is 13.7. The van der Waals surface area contributed by atoms with Gasteiger partial charge in [0.25, 0.3) is 5.56 Å². The summed E-state index contributed by atoms with van der Waals surface area (Å²) in [5.41, 5.74) is 1.32. The molecule has 6 heteroatoms. The lowest BCUT2D eigenvalue weighted by Gasteiger charge is -2.15. The highest BCUT2D eigenvalue weighted by Crippen LogP contribution is 2.11. The Morgan fingerprint density at radius 3 is 3.16 bits per heavy atom. The second-order valence-corrected chi connectivity index (χ2v) is 4.40. The molecule has 0 amide bonds. The monoisotopic (exact) mass is 266 g/mol. The maximum absolute atomic E-state index is 11.8. The minimum atomic E-state index is -0.212. The number of esters is 1. The minimum absolute atomic E-state index is 0.129. The Morgan fingerprint density at radius 2 is 2.37 bits per heavy atom. The molecule has 0 radical (unpaired) electrons. The number of hydrogen-bond acceptors (Lipinski definition) is 5. The molecule has 1 aromatic rings. The van der Waals surface area contributed by atoms with Crippen LogP contribution in [0, 0.1) is 0 Å². The number of rotatable bonds is 5. The number of fused-ring (bicyclic) bond motifs is 1. The molecule has 0 aromatic carbocycles. The number of ether oxygens (including phenoxy) is 2. The first-order chi connectivity index (χ1) is 9.20. The SMILES string of the molecule is CCOC(=O)CCCc1nc2c(c(=O)[nH]1)COCC2. The molecule has 0 aliphatic carbocycles. The molecule has 2 rings (SSSR count). The molecule has 1 aliphatic rings. The average Bonchev–Trinajstić information content (AvgIpc) is 2.39. The van der Waals surface area contributed by atoms with E-state index in [4.69, 9.17) is 9.47 Å². The third-order valence-corrected chi connectivity index (χ3v) is 2.98. The second kappa shape index (κ2) is 6.47. The average molecular weight is 266 g/mol. The van der Waals surface area contributed by atoms with Crippen molar-refractivity contribution in [3.63, 3.8) is 0 Å². The third-order valence-electron chi connectivity index (χ3n) is 2.98. The number of carbonyl (C=O) groups is 1. The Labute approximate surface area is 111 Å². The molecular weight excluding hydrogens is 248 g/mol. The Hall–Kier alpha value is -1.69. The van der Waals surface area contributed by atoms with Crippen LogP contribution in [0.5, 0.6) is 0 Å². The van der Waals surface area contributed by atoms with Crippen LogP contribution < -0.4 is 5.56 Å². The molecule has 0 fully saturated rings. The van der Waals surface area contributed by atoms with Gasteiger partial charge >= 0.3 is 5.97 Å². The molecule has 19 heavy (non-hydrogen) atoms. The van der Waals surface area contributed by atoms with E-state index in [0.717, 1.165) is 5.69 Å². The summed E-state index contributed by atoms with van der Waals surface area (Å²) in [7, 11) is 0. The smallest absolute Gasteiger partial charge is 0.305 e. The van der Waals surface area contributed by atoms with Crippen LogP contribution >= 0.6 is 0 Å². The standard InChI is InChI=1S/C13H18N2O4/c1-2-19-12(16)5-3-4-11-14-10-6-7-18-8-9(10)13(17)15-11/h2-8H2,1H3,(H,14,15,17). The van der Waals surface area contributed by atoms with Crippen LogP contribution in [0.15, 0.2) is 4.79 Å². The first-order valence-electron chi connectivity index (χ1n) is 6.55. The van der Waals surface area contributed by atoms with Crippen LogP contribution in [0.25, 0.3) is 0 Å². The lowest BCUT2D eigenvalue weighted by Crippen LogP contribution is -2.25. The van der Waals surface area contributed by atoms with Gasteiger partial charge in [0.1, 0.15) is 5.82 Å². The molecule has 1 N–H and O–H groups in total. The van der Waals surface area contributed by atoms with Crippen molar-refractivity contribution in [2.45, 2.75) is 39.2 Å². The van der Waals surface area contributed by atoms with E-state index in [-0.39, 0.29) is 11.5 Å². The van der Waals surface area contributed by atoms with Crippen LogP contribution in [0.3, 0.4) is 0 Å². The van der Waals surface area contributed by atoms with E-state index in [1.165, 1.54) is 0 Å². The van der Waals surface area contributed by atoms with Crippen molar-refractivity contribution in [1.29, 1.82) is 0 Å². The summed E-state index contributed by atoms with van der Waals surface area (Å²) in [6, 6.07) is 0. The lowest BCUT2D eigenvalue weighted by atomic mass is 10.1. The van der Waals surface area contributed by atoms with Crippen LogP contribution in [0.1, 0.15) is 36.8 Å². The van der Waals surface area contributed by atoms with Crippen LogP contribution in [0.2, 0.25) is 0 Å². The van der Waals surface area contributed by atoms with Gasteiger partial charge in [-0.3, -0.25) is 9.59 Å². The van der Waals surface area contributed by atoms with Gasteiger partial charge in [0.2, 0.25) is 0 Å². The van der Waals surface area contributed by atoms with E-state index >= 15 is 0 Å². The van der Waals surface area contributed by atoms with Gasteiger partial charge < -0.3 is 14.5 Å². The van der Waals surface area contributed by atoms with Crippen molar-refractivity contribution >= 4 is 5.97 Å². The van der Waals surface area contributed by atoms with E-state index in [1.54, 1.807) is 6.92 Å². The fourth-order valence-electron chi connectivity index (χ4n) is 2.05. The van der Waals surface area contributed by atoms with Crippen molar-refractivity contribution < 1.29 is 14.3 Å². The molecule has 1 aromatic heterocycles. The molecule has 6 nitrogen and oxygen atoms in total. The molecule has 0 bridgehead atoms.